The topological polar surface area (TPSA) is 12.5 Å². The zero-order valence-electron chi connectivity index (χ0n) is 9.76. The van der Waals surface area contributed by atoms with Crippen LogP contribution >= 0.6 is 11.8 Å². The number of alkyl halides is 6. The molecule has 0 fully saturated rings. The second kappa shape index (κ2) is 5.40. The van der Waals surface area contributed by atoms with Crippen LogP contribution in [0.1, 0.15) is 0 Å². The van der Waals surface area contributed by atoms with Crippen LogP contribution in [0.2, 0.25) is 0 Å². The van der Waals surface area contributed by atoms with Crippen molar-refractivity contribution in [3.05, 3.63) is 18.2 Å². The molecule has 0 amide bonds. The van der Waals surface area contributed by atoms with Gasteiger partial charge in [0.15, 0.2) is 5.75 Å². The number of thioether (sulfide) groups is 1. The minimum atomic E-state index is -4.97. The largest absolute Gasteiger partial charge is 0.573 e. The number of halogens is 6. The summed E-state index contributed by atoms with van der Waals surface area (Å²) in [7, 11) is 2.66. The third-order valence-corrected chi connectivity index (χ3v) is 2.64. The Bertz CT molecular complexity index is 408. The van der Waals surface area contributed by atoms with E-state index in [2.05, 4.69) is 4.74 Å². The summed E-state index contributed by atoms with van der Waals surface area (Å²) in [5.74, 6) is -0.674. The summed E-state index contributed by atoms with van der Waals surface area (Å²) in [5.41, 5.74) is -4.87. The first-order chi connectivity index (χ1) is 8.49. The average molecular weight is 305 g/mol. The van der Waals surface area contributed by atoms with Crippen molar-refractivity contribution in [2.24, 2.45) is 0 Å². The van der Waals surface area contributed by atoms with E-state index in [9.17, 15) is 26.3 Å². The normalized spacial score (nSPS) is 12.4. The van der Waals surface area contributed by atoms with E-state index < -0.39 is 29.4 Å². The molecule has 0 atom stereocenters. The van der Waals surface area contributed by atoms with E-state index in [4.69, 9.17) is 0 Å². The Morgan fingerprint density at radius 1 is 1.05 bits per heavy atom. The third kappa shape index (κ3) is 5.09. The second-order valence-electron chi connectivity index (χ2n) is 3.59. The summed E-state index contributed by atoms with van der Waals surface area (Å²) in [6.07, 6.45) is -4.97. The van der Waals surface area contributed by atoms with Gasteiger partial charge in [0.25, 0.3) is 0 Å². The SMILES string of the molecule is CN(C)c1c(OC(F)(F)F)cccc1SC(F)(F)F. The van der Waals surface area contributed by atoms with Gasteiger partial charge in [-0.3, -0.25) is 0 Å². The highest BCUT2D eigenvalue weighted by atomic mass is 32.2. The molecule has 1 aromatic carbocycles. The van der Waals surface area contributed by atoms with Crippen molar-refractivity contribution in [1.29, 1.82) is 0 Å². The molecule has 0 saturated heterocycles. The zero-order valence-corrected chi connectivity index (χ0v) is 10.6. The second-order valence-corrected chi connectivity index (χ2v) is 4.70. The van der Waals surface area contributed by atoms with Crippen LogP contribution in [0.3, 0.4) is 0 Å². The molecule has 0 unspecified atom stereocenters. The van der Waals surface area contributed by atoms with Crippen molar-refractivity contribution < 1.29 is 31.1 Å². The summed E-state index contributed by atoms with van der Waals surface area (Å²) < 4.78 is 77.3. The monoisotopic (exact) mass is 305 g/mol. The highest BCUT2D eigenvalue weighted by molar-refractivity contribution is 8.00. The quantitative estimate of drug-likeness (QED) is 0.611. The van der Waals surface area contributed by atoms with Gasteiger partial charge in [0.05, 0.1) is 5.69 Å². The van der Waals surface area contributed by atoms with E-state index in [-0.39, 0.29) is 10.6 Å². The lowest BCUT2D eigenvalue weighted by Crippen LogP contribution is -2.20. The number of hydrogen-bond acceptors (Lipinski definition) is 3. The van der Waals surface area contributed by atoms with Crippen molar-refractivity contribution in [3.63, 3.8) is 0 Å². The number of ether oxygens (including phenoxy) is 1. The molecule has 0 aromatic heterocycles. The van der Waals surface area contributed by atoms with Gasteiger partial charge in [-0.15, -0.1) is 13.2 Å². The first-order valence-electron chi connectivity index (χ1n) is 4.81. The molecule has 0 aliphatic heterocycles. The van der Waals surface area contributed by atoms with Gasteiger partial charge in [-0.05, 0) is 23.9 Å². The van der Waals surface area contributed by atoms with Gasteiger partial charge in [-0.2, -0.15) is 13.2 Å². The molecule has 1 rings (SSSR count). The molecule has 0 N–H and O–H groups in total. The lowest BCUT2D eigenvalue weighted by atomic mass is 10.3. The summed E-state index contributed by atoms with van der Waals surface area (Å²) in [6.45, 7) is 0. The number of benzene rings is 1. The molecule has 108 valence electrons. The minimum Gasteiger partial charge on any atom is -0.404 e. The van der Waals surface area contributed by atoms with Crippen LogP contribution < -0.4 is 9.64 Å². The lowest BCUT2D eigenvalue weighted by Gasteiger charge is -2.22. The summed E-state index contributed by atoms with van der Waals surface area (Å²) >= 11 is -0.493. The summed E-state index contributed by atoms with van der Waals surface area (Å²) in [4.78, 5) is 0.772. The number of rotatable bonds is 3. The molecule has 9 heteroatoms. The van der Waals surface area contributed by atoms with Crippen molar-refractivity contribution >= 4 is 17.4 Å². The van der Waals surface area contributed by atoms with Gasteiger partial charge in [-0.1, -0.05) is 6.07 Å². The average Bonchev–Trinajstić information content (AvgIpc) is 2.11. The van der Waals surface area contributed by atoms with Crippen LogP contribution in [0.15, 0.2) is 23.1 Å². The fourth-order valence-corrected chi connectivity index (χ4v) is 2.13. The van der Waals surface area contributed by atoms with E-state index in [1.807, 2.05) is 0 Å². The van der Waals surface area contributed by atoms with E-state index >= 15 is 0 Å². The molecule has 19 heavy (non-hydrogen) atoms. The van der Waals surface area contributed by atoms with E-state index in [1.54, 1.807) is 0 Å². The number of para-hydroxylation sites is 1. The molecule has 0 aliphatic rings. The molecule has 2 nitrogen and oxygen atoms in total. The van der Waals surface area contributed by atoms with Gasteiger partial charge in [0.2, 0.25) is 0 Å². The van der Waals surface area contributed by atoms with E-state index in [1.165, 1.54) is 14.1 Å². The number of anilines is 1. The van der Waals surface area contributed by atoms with Gasteiger partial charge in [0, 0.05) is 19.0 Å². The van der Waals surface area contributed by atoms with E-state index in [0.29, 0.717) is 0 Å². The predicted octanol–water partition coefficient (Wildman–Crippen LogP) is 4.26. The Morgan fingerprint density at radius 3 is 2.05 bits per heavy atom. The van der Waals surface area contributed by atoms with E-state index in [0.717, 1.165) is 23.1 Å². The Morgan fingerprint density at radius 2 is 1.63 bits per heavy atom. The van der Waals surface area contributed by atoms with Crippen LogP contribution in [0.25, 0.3) is 0 Å². The summed E-state index contributed by atoms with van der Waals surface area (Å²) in [6, 6.07) is 3.11. The standard InChI is InChI=1S/C10H9F6NOS/c1-17(2)8-6(18-9(11,12)13)4-3-5-7(8)19-10(14,15)16/h3-5H,1-2H3. The van der Waals surface area contributed by atoms with Crippen LogP contribution in [0.5, 0.6) is 5.75 Å². The molecule has 0 bridgehead atoms. The molecule has 0 spiro atoms. The Balaban J connectivity index is 3.22. The third-order valence-electron chi connectivity index (χ3n) is 1.86. The highest BCUT2D eigenvalue weighted by Gasteiger charge is 2.35. The fraction of sp³-hybridized carbons (Fsp3) is 0.400. The predicted molar refractivity (Wildman–Crippen MR) is 59.4 cm³/mol. The Labute approximate surface area is 109 Å². The fourth-order valence-electron chi connectivity index (χ4n) is 1.36. The maximum atomic E-state index is 12.3. The van der Waals surface area contributed by atoms with Gasteiger partial charge >= 0.3 is 11.9 Å². The van der Waals surface area contributed by atoms with Crippen LogP contribution in [0.4, 0.5) is 32.0 Å². The smallest absolute Gasteiger partial charge is 0.404 e. The zero-order chi connectivity index (χ0) is 14.8. The number of nitrogens with zero attached hydrogens (tertiary/aromatic N) is 1. The summed E-state index contributed by atoms with van der Waals surface area (Å²) in [5, 5.41) is 0. The van der Waals surface area contributed by atoms with Gasteiger partial charge in [-0.25, -0.2) is 0 Å². The van der Waals surface area contributed by atoms with Crippen LogP contribution in [-0.2, 0) is 0 Å². The Hall–Kier alpha value is -1.25. The van der Waals surface area contributed by atoms with Crippen molar-refractivity contribution in [2.45, 2.75) is 16.8 Å². The molecule has 0 aliphatic carbocycles. The molecule has 0 saturated carbocycles. The lowest BCUT2D eigenvalue weighted by molar-refractivity contribution is -0.274. The Kier molecular flexibility index (Phi) is 4.49. The van der Waals surface area contributed by atoms with Crippen molar-refractivity contribution in [1.82, 2.24) is 0 Å². The maximum Gasteiger partial charge on any atom is 0.573 e. The molecule has 0 heterocycles. The van der Waals surface area contributed by atoms with Gasteiger partial charge in [0.1, 0.15) is 0 Å². The molecular formula is C10H9F6NOS. The van der Waals surface area contributed by atoms with Crippen LogP contribution in [0, 0.1) is 0 Å². The van der Waals surface area contributed by atoms with Gasteiger partial charge < -0.3 is 9.64 Å². The van der Waals surface area contributed by atoms with Crippen LogP contribution in [-0.4, -0.2) is 26.0 Å². The first-order valence-corrected chi connectivity index (χ1v) is 5.63. The van der Waals surface area contributed by atoms with Crippen molar-refractivity contribution in [3.8, 4) is 5.75 Å². The first kappa shape index (κ1) is 15.8. The highest BCUT2D eigenvalue weighted by Crippen LogP contribution is 2.45. The maximum absolute atomic E-state index is 12.3. The molecule has 0 radical (unpaired) electrons. The van der Waals surface area contributed by atoms with Crippen molar-refractivity contribution in [2.75, 3.05) is 19.0 Å². The number of hydrogen-bond donors (Lipinski definition) is 0. The molecule has 1 aromatic rings. The molecular weight excluding hydrogens is 296 g/mol. The minimum absolute atomic E-state index is 0.276.